The van der Waals surface area contributed by atoms with Crippen molar-refractivity contribution in [1.29, 1.82) is 0 Å². The van der Waals surface area contributed by atoms with E-state index in [1.165, 1.54) is 10.5 Å². The first-order valence-corrected chi connectivity index (χ1v) is 7.56. The van der Waals surface area contributed by atoms with Crippen LogP contribution in [0.15, 0.2) is 52.3 Å². The molecule has 3 heteroatoms. The summed E-state index contributed by atoms with van der Waals surface area (Å²) < 4.78 is 0. The summed E-state index contributed by atoms with van der Waals surface area (Å²) in [6.45, 7) is 4.90. The highest BCUT2D eigenvalue weighted by Crippen LogP contribution is 2.36. The van der Waals surface area contributed by atoms with Gasteiger partial charge in [0.2, 0.25) is 0 Å². The van der Waals surface area contributed by atoms with Gasteiger partial charge >= 0.3 is 0 Å². The van der Waals surface area contributed by atoms with Gasteiger partial charge < -0.3 is 5.73 Å². The number of hydrogen-bond donors (Lipinski definition) is 1. The van der Waals surface area contributed by atoms with Crippen molar-refractivity contribution < 1.29 is 0 Å². The van der Waals surface area contributed by atoms with Crippen LogP contribution in [0.5, 0.6) is 0 Å². The maximum absolute atomic E-state index is 6.26. The quantitative estimate of drug-likeness (QED) is 0.851. The highest BCUT2D eigenvalue weighted by Gasteiger charge is 2.08. The maximum atomic E-state index is 6.26. The lowest BCUT2D eigenvalue weighted by Crippen LogP contribution is -1.98. The van der Waals surface area contributed by atoms with Gasteiger partial charge in [-0.25, -0.2) is 0 Å². The summed E-state index contributed by atoms with van der Waals surface area (Å²) in [7, 11) is 0. The molecule has 0 aliphatic carbocycles. The molecule has 2 rings (SSSR count). The molecule has 2 aromatic carbocycles. The van der Waals surface area contributed by atoms with E-state index in [0.29, 0.717) is 12.5 Å². The fourth-order valence-electron chi connectivity index (χ4n) is 1.87. The highest BCUT2D eigenvalue weighted by molar-refractivity contribution is 7.99. The molecule has 0 aliphatic rings. The lowest BCUT2D eigenvalue weighted by molar-refractivity contribution is 0.865. The Kier molecular flexibility index (Phi) is 4.92. The third-order valence-corrected chi connectivity index (χ3v) is 4.66. The molecule has 0 spiro atoms. The Morgan fingerprint density at radius 2 is 1.79 bits per heavy atom. The molecular weight excluding hydrogens is 274 g/mol. The van der Waals surface area contributed by atoms with E-state index in [0.717, 1.165) is 15.5 Å². The molecule has 0 aliphatic heterocycles. The number of hydrogen-bond acceptors (Lipinski definition) is 2. The molecule has 0 radical (unpaired) electrons. The average molecular weight is 292 g/mol. The standard InChI is InChI=1S/C16H18ClNS/c1-11(2)12-6-8-14(9-7-12)19-16-13(10-18)4-3-5-15(16)17/h3-9,11H,10,18H2,1-2H3. The minimum absolute atomic E-state index is 0.507. The number of rotatable bonds is 4. The smallest absolute Gasteiger partial charge is 0.0548 e. The minimum Gasteiger partial charge on any atom is -0.326 e. The Hall–Kier alpha value is -0.960. The van der Waals surface area contributed by atoms with Crippen molar-refractivity contribution in [3.8, 4) is 0 Å². The largest absolute Gasteiger partial charge is 0.326 e. The fraction of sp³-hybridized carbons (Fsp3) is 0.250. The third-order valence-electron chi connectivity index (χ3n) is 3.04. The molecule has 2 aromatic rings. The van der Waals surface area contributed by atoms with Gasteiger partial charge in [-0.05, 0) is 35.2 Å². The molecule has 0 aromatic heterocycles. The van der Waals surface area contributed by atoms with Gasteiger partial charge in [0.05, 0.1) is 5.02 Å². The molecule has 2 N–H and O–H groups in total. The molecule has 0 fully saturated rings. The Labute approximate surface area is 124 Å². The first-order valence-electron chi connectivity index (χ1n) is 6.37. The first kappa shape index (κ1) is 14.4. The summed E-state index contributed by atoms with van der Waals surface area (Å²) in [4.78, 5) is 2.25. The predicted molar refractivity (Wildman–Crippen MR) is 84.0 cm³/mol. The summed E-state index contributed by atoms with van der Waals surface area (Å²) in [5.41, 5.74) is 8.20. The van der Waals surface area contributed by atoms with Crippen LogP contribution in [0.25, 0.3) is 0 Å². The first-order chi connectivity index (χ1) is 9.11. The van der Waals surface area contributed by atoms with Crippen molar-refractivity contribution in [2.45, 2.75) is 36.1 Å². The molecule has 1 nitrogen and oxygen atoms in total. The van der Waals surface area contributed by atoms with Gasteiger partial charge in [-0.15, -0.1) is 0 Å². The van der Waals surface area contributed by atoms with Gasteiger partial charge in [0.1, 0.15) is 0 Å². The predicted octanol–water partition coefficient (Wildman–Crippen LogP) is 5.07. The Morgan fingerprint density at radius 1 is 1.11 bits per heavy atom. The van der Waals surface area contributed by atoms with Crippen molar-refractivity contribution in [2.75, 3.05) is 0 Å². The summed E-state index contributed by atoms with van der Waals surface area (Å²) in [6, 6.07) is 14.5. The van der Waals surface area contributed by atoms with Gasteiger partial charge in [0.15, 0.2) is 0 Å². The number of benzene rings is 2. The van der Waals surface area contributed by atoms with Crippen LogP contribution >= 0.6 is 23.4 Å². The van der Waals surface area contributed by atoms with Crippen LogP contribution < -0.4 is 5.73 Å². The SMILES string of the molecule is CC(C)c1ccc(Sc2c(Cl)cccc2CN)cc1. The van der Waals surface area contributed by atoms with E-state index in [1.807, 2.05) is 18.2 Å². The van der Waals surface area contributed by atoms with Crippen molar-refractivity contribution in [2.24, 2.45) is 5.73 Å². The van der Waals surface area contributed by atoms with E-state index >= 15 is 0 Å². The highest BCUT2D eigenvalue weighted by atomic mass is 35.5. The normalized spacial score (nSPS) is 11.0. The monoisotopic (exact) mass is 291 g/mol. The van der Waals surface area contributed by atoms with E-state index in [2.05, 4.69) is 38.1 Å². The van der Waals surface area contributed by atoms with Gasteiger partial charge in [-0.1, -0.05) is 61.5 Å². The van der Waals surface area contributed by atoms with E-state index in [-0.39, 0.29) is 0 Å². The van der Waals surface area contributed by atoms with Gasteiger partial charge in [-0.3, -0.25) is 0 Å². The van der Waals surface area contributed by atoms with Crippen LogP contribution in [0.2, 0.25) is 5.02 Å². The molecule has 0 saturated carbocycles. The second kappa shape index (κ2) is 6.47. The molecule has 19 heavy (non-hydrogen) atoms. The van der Waals surface area contributed by atoms with Crippen LogP contribution in [0, 0.1) is 0 Å². The zero-order valence-electron chi connectivity index (χ0n) is 11.2. The van der Waals surface area contributed by atoms with Crippen LogP contribution in [0.4, 0.5) is 0 Å². The molecule has 0 saturated heterocycles. The van der Waals surface area contributed by atoms with Crippen molar-refractivity contribution in [3.05, 3.63) is 58.6 Å². The van der Waals surface area contributed by atoms with E-state index < -0.39 is 0 Å². The molecular formula is C16H18ClNS. The molecule has 0 bridgehead atoms. The molecule has 0 heterocycles. The van der Waals surface area contributed by atoms with Gasteiger partial charge in [-0.2, -0.15) is 0 Å². The summed E-state index contributed by atoms with van der Waals surface area (Å²) in [5, 5.41) is 0.765. The second-order valence-electron chi connectivity index (χ2n) is 4.76. The zero-order chi connectivity index (χ0) is 13.8. The summed E-state index contributed by atoms with van der Waals surface area (Å²) in [5.74, 6) is 0.555. The molecule has 0 amide bonds. The van der Waals surface area contributed by atoms with Crippen molar-refractivity contribution >= 4 is 23.4 Å². The van der Waals surface area contributed by atoms with E-state index in [9.17, 15) is 0 Å². The van der Waals surface area contributed by atoms with Crippen LogP contribution in [-0.2, 0) is 6.54 Å². The lowest BCUT2D eigenvalue weighted by Gasteiger charge is -2.10. The molecule has 0 atom stereocenters. The third kappa shape index (κ3) is 3.53. The van der Waals surface area contributed by atoms with Crippen molar-refractivity contribution in [3.63, 3.8) is 0 Å². The Morgan fingerprint density at radius 3 is 2.37 bits per heavy atom. The Balaban J connectivity index is 2.26. The van der Waals surface area contributed by atoms with Gasteiger partial charge in [0.25, 0.3) is 0 Å². The summed E-state index contributed by atoms with van der Waals surface area (Å²) in [6.07, 6.45) is 0. The minimum atomic E-state index is 0.507. The van der Waals surface area contributed by atoms with Gasteiger partial charge in [0, 0.05) is 16.3 Å². The fourth-order valence-corrected chi connectivity index (χ4v) is 3.13. The molecule has 100 valence electrons. The topological polar surface area (TPSA) is 26.0 Å². The lowest BCUT2D eigenvalue weighted by atomic mass is 10.0. The average Bonchev–Trinajstić information content (AvgIpc) is 2.41. The van der Waals surface area contributed by atoms with Crippen LogP contribution in [0.3, 0.4) is 0 Å². The van der Waals surface area contributed by atoms with Crippen LogP contribution in [-0.4, -0.2) is 0 Å². The number of halogens is 1. The summed E-state index contributed by atoms with van der Waals surface area (Å²) >= 11 is 7.94. The number of nitrogens with two attached hydrogens (primary N) is 1. The van der Waals surface area contributed by atoms with E-state index in [4.69, 9.17) is 17.3 Å². The Bertz CT molecular complexity index is 549. The second-order valence-corrected chi connectivity index (χ2v) is 6.25. The van der Waals surface area contributed by atoms with Crippen molar-refractivity contribution in [1.82, 2.24) is 0 Å². The van der Waals surface area contributed by atoms with Crippen LogP contribution in [0.1, 0.15) is 30.9 Å². The molecule has 0 unspecified atom stereocenters. The zero-order valence-corrected chi connectivity index (χ0v) is 12.8. The maximum Gasteiger partial charge on any atom is 0.0548 e. The van der Waals surface area contributed by atoms with E-state index in [1.54, 1.807) is 11.8 Å².